The zero-order valence-corrected chi connectivity index (χ0v) is 20.0. The summed E-state index contributed by atoms with van der Waals surface area (Å²) in [5, 5.41) is 4.69. The maximum Gasteiger partial charge on any atom is 0.303 e. The van der Waals surface area contributed by atoms with E-state index in [1.807, 2.05) is 42.5 Å². The topological polar surface area (TPSA) is 126 Å². The Morgan fingerprint density at radius 1 is 0.857 bits per heavy atom. The highest BCUT2D eigenvalue weighted by molar-refractivity contribution is 5.85. The summed E-state index contributed by atoms with van der Waals surface area (Å²) in [5.41, 5.74) is 0.871. The summed E-state index contributed by atoms with van der Waals surface area (Å²) in [5.74, 6) is -2.34. The third kappa shape index (κ3) is 7.00. The van der Waals surface area contributed by atoms with Crippen molar-refractivity contribution in [1.82, 2.24) is 5.32 Å². The van der Waals surface area contributed by atoms with Crippen LogP contribution in [0, 0.1) is 0 Å². The second-order valence-corrected chi connectivity index (χ2v) is 8.17. The van der Waals surface area contributed by atoms with Gasteiger partial charge in [-0.05, 0) is 16.3 Å². The van der Waals surface area contributed by atoms with Gasteiger partial charge in [0.1, 0.15) is 18.8 Å². The molecule has 1 amide bonds. The largest absolute Gasteiger partial charge is 0.463 e. The standard InChI is InChI=1S/C25H29NO9/c1-14(27)26-22-24(34-17(4)30)23(33-16(3)29)21(13-31-15(2)28)35-25(22)32-12-19-10-7-9-18-8-5-6-11-20(18)19/h5-11,21-25H,12-13H2,1-4H3,(H,26,27)/t21-,22-,23-,24-,25-/m1/s1. The Balaban J connectivity index is 1.94. The molecule has 0 saturated carbocycles. The minimum Gasteiger partial charge on any atom is -0.463 e. The van der Waals surface area contributed by atoms with Gasteiger partial charge in [-0.15, -0.1) is 0 Å². The zero-order chi connectivity index (χ0) is 25.5. The van der Waals surface area contributed by atoms with Crippen LogP contribution in [0.25, 0.3) is 10.8 Å². The number of benzene rings is 2. The number of hydrogen-bond acceptors (Lipinski definition) is 9. The van der Waals surface area contributed by atoms with Gasteiger partial charge in [0.25, 0.3) is 0 Å². The molecule has 2 aromatic carbocycles. The van der Waals surface area contributed by atoms with Crippen molar-refractivity contribution in [3.05, 3.63) is 48.0 Å². The fourth-order valence-electron chi connectivity index (χ4n) is 4.02. The Bertz CT molecular complexity index is 1080. The first kappa shape index (κ1) is 26.1. The molecule has 3 rings (SSSR count). The van der Waals surface area contributed by atoms with Crippen molar-refractivity contribution < 1.29 is 42.9 Å². The predicted octanol–water partition coefficient (Wildman–Crippen LogP) is 2.01. The second-order valence-electron chi connectivity index (χ2n) is 8.17. The van der Waals surface area contributed by atoms with E-state index >= 15 is 0 Å². The van der Waals surface area contributed by atoms with Gasteiger partial charge in [-0.2, -0.15) is 0 Å². The molecule has 1 aliphatic rings. The molecule has 10 heteroatoms. The van der Waals surface area contributed by atoms with E-state index in [4.69, 9.17) is 23.7 Å². The number of nitrogens with one attached hydrogen (secondary N) is 1. The molecule has 0 spiro atoms. The van der Waals surface area contributed by atoms with Crippen molar-refractivity contribution in [2.24, 2.45) is 0 Å². The van der Waals surface area contributed by atoms with E-state index < -0.39 is 54.5 Å². The van der Waals surface area contributed by atoms with Crippen LogP contribution in [0.4, 0.5) is 0 Å². The minimum absolute atomic E-state index is 0.105. The molecule has 188 valence electrons. The summed E-state index contributed by atoms with van der Waals surface area (Å²) in [6, 6.07) is 12.6. The molecule has 1 N–H and O–H groups in total. The first-order valence-corrected chi connectivity index (χ1v) is 11.1. The predicted molar refractivity (Wildman–Crippen MR) is 123 cm³/mol. The van der Waals surface area contributed by atoms with Gasteiger partial charge < -0.3 is 29.0 Å². The average Bonchev–Trinajstić information content (AvgIpc) is 2.78. The molecule has 0 radical (unpaired) electrons. The van der Waals surface area contributed by atoms with Crippen LogP contribution in [0.15, 0.2) is 42.5 Å². The third-order valence-electron chi connectivity index (χ3n) is 5.35. The van der Waals surface area contributed by atoms with Gasteiger partial charge in [-0.25, -0.2) is 0 Å². The Kier molecular flexibility index (Phi) is 8.78. The molecular formula is C25H29NO9. The lowest BCUT2D eigenvalue weighted by molar-refractivity contribution is -0.280. The fourth-order valence-corrected chi connectivity index (χ4v) is 4.02. The van der Waals surface area contributed by atoms with Crippen LogP contribution in [0.5, 0.6) is 0 Å². The fraction of sp³-hybridized carbons (Fsp3) is 0.440. The number of ether oxygens (including phenoxy) is 5. The van der Waals surface area contributed by atoms with Crippen molar-refractivity contribution in [2.45, 2.75) is 64.9 Å². The summed E-state index contributed by atoms with van der Waals surface area (Å²) in [6.07, 6.45) is -4.46. The molecular weight excluding hydrogens is 458 g/mol. The first-order valence-electron chi connectivity index (χ1n) is 11.1. The number of carbonyl (C=O) groups is 4. The van der Waals surface area contributed by atoms with Crippen LogP contribution in [-0.4, -0.2) is 61.1 Å². The summed E-state index contributed by atoms with van der Waals surface area (Å²) in [6.45, 7) is 4.71. The van der Waals surface area contributed by atoms with Gasteiger partial charge in [0.15, 0.2) is 18.5 Å². The molecule has 0 bridgehead atoms. The highest BCUT2D eigenvalue weighted by Crippen LogP contribution is 2.29. The zero-order valence-electron chi connectivity index (χ0n) is 20.0. The van der Waals surface area contributed by atoms with Crippen LogP contribution >= 0.6 is 0 Å². The lowest BCUT2D eigenvalue weighted by atomic mass is 9.96. The van der Waals surface area contributed by atoms with E-state index in [0.29, 0.717) is 0 Å². The molecule has 1 saturated heterocycles. The number of rotatable bonds is 8. The first-order chi connectivity index (χ1) is 16.7. The second kappa shape index (κ2) is 11.8. The number of carbonyl (C=O) groups excluding carboxylic acids is 4. The Morgan fingerprint density at radius 3 is 2.17 bits per heavy atom. The molecule has 0 aromatic heterocycles. The van der Waals surface area contributed by atoms with Crippen molar-refractivity contribution in [3.63, 3.8) is 0 Å². The number of esters is 3. The molecule has 1 fully saturated rings. The normalized spacial score (nSPS) is 23.8. The van der Waals surface area contributed by atoms with Gasteiger partial charge in [0.2, 0.25) is 5.91 Å². The average molecular weight is 488 g/mol. The lowest BCUT2D eigenvalue weighted by Crippen LogP contribution is -2.66. The number of fused-ring (bicyclic) bond motifs is 1. The van der Waals surface area contributed by atoms with Crippen molar-refractivity contribution >= 4 is 34.6 Å². The molecule has 35 heavy (non-hydrogen) atoms. The van der Waals surface area contributed by atoms with Crippen LogP contribution in [0.3, 0.4) is 0 Å². The van der Waals surface area contributed by atoms with Gasteiger partial charge in [-0.3, -0.25) is 19.2 Å². The summed E-state index contributed by atoms with van der Waals surface area (Å²) < 4.78 is 28.1. The van der Waals surface area contributed by atoms with Crippen LogP contribution in [0.2, 0.25) is 0 Å². The summed E-state index contributed by atoms with van der Waals surface area (Å²) in [4.78, 5) is 47.2. The van der Waals surface area contributed by atoms with Gasteiger partial charge in [0, 0.05) is 27.7 Å². The molecule has 1 heterocycles. The SMILES string of the molecule is CC(=O)N[C@H]1[C@H](OCc2cccc3ccccc23)O[C@H](COC(C)=O)[C@@H](OC(C)=O)[C@@H]1OC(C)=O. The van der Waals surface area contributed by atoms with E-state index in [2.05, 4.69) is 5.32 Å². The molecule has 5 atom stereocenters. The van der Waals surface area contributed by atoms with Crippen LogP contribution in [-0.2, 0) is 49.5 Å². The maximum atomic E-state index is 12.0. The van der Waals surface area contributed by atoms with E-state index in [0.717, 1.165) is 16.3 Å². The van der Waals surface area contributed by atoms with E-state index in [1.165, 1.54) is 27.7 Å². The number of hydrogen-bond donors (Lipinski definition) is 1. The van der Waals surface area contributed by atoms with Crippen LogP contribution in [0.1, 0.15) is 33.3 Å². The van der Waals surface area contributed by atoms with Crippen molar-refractivity contribution in [2.75, 3.05) is 6.61 Å². The monoisotopic (exact) mass is 487 g/mol. The smallest absolute Gasteiger partial charge is 0.303 e. The highest BCUT2D eigenvalue weighted by Gasteiger charge is 2.51. The van der Waals surface area contributed by atoms with Crippen molar-refractivity contribution in [3.8, 4) is 0 Å². The quantitative estimate of drug-likeness (QED) is 0.439. The Morgan fingerprint density at radius 2 is 1.51 bits per heavy atom. The van der Waals surface area contributed by atoms with E-state index in [-0.39, 0.29) is 13.2 Å². The Hall–Kier alpha value is -3.50. The highest BCUT2D eigenvalue weighted by atomic mass is 16.7. The van der Waals surface area contributed by atoms with Crippen molar-refractivity contribution in [1.29, 1.82) is 0 Å². The van der Waals surface area contributed by atoms with Gasteiger partial charge in [0.05, 0.1) is 6.61 Å². The summed E-state index contributed by atoms with van der Waals surface area (Å²) >= 11 is 0. The molecule has 2 aromatic rings. The van der Waals surface area contributed by atoms with Gasteiger partial charge in [-0.1, -0.05) is 42.5 Å². The number of amides is 1. The molecule has 0 unspecified atom stereocenters. The van der Waals surface area contributed by atoms with E-state index in [1.54, 1.807) is 0 Å². The van der Waals surface area contributed by atoms with Gasteiger partial charge >= 0.3 is 17.9 Å². The lowest BCUT2D eigenvalue weighted by Gasteiger charge is -2.45. The maximum absolute atomic E-state index is 12.0. The minimum atomic E-state index is -1.16. The van der Waals surface area contributed by atoms with E-state index in [9.17, 15) is 19.2 Å². The third-order valence-corrected chi connectivity index (χ3v) is 5.35. The molecule has 0 aliphatic carbocycles. The molecule has 10 nitrogen and oxygen atoms in total. The summed E-state index contributed by atoms with van der Waals surface area (Å²) in [7, 11) is 0. The Labute approximate surface area is 202 Å². The van der Waals surface area contributed by atoms with Crippen LogP contribution < -0.4 is 5.32 Å². The molecule has 1 aliphatic heterocycles.